The summed E-state index contributed by atoms with van der Waals surface area (Å²) in [5.41, 5.74) is 0. The Balaban J connectivity index is 2.60. The number of hydrogen-bond donors (Lipinski definition) is 2. The standard InChI is InChI=1S/C10H21NO4S/c1-6(2)8-4-7(9(12)10(8)13)5-11(3)16(14)15/h6-10,12-13H,4-5H2,1-3H3,(H,14,15)/p-1/t7-,8+,9-,10+/m1/s1. The van der Waals surface area contributed by atoms with Crippen LogP contribution < -0.4 is 0 Å². The predicted molar refractivity (Wildman–Crippen MR) is 60.0 cm³/mol. The average Bonchev–Trinajstić information content (AvgIpc) is 2.46. The topological polar surface area (TPSA) is 83.8 Å². The molecule has 1 aliphatic rings. The molecule has 5 nitrogen and oxygen atoms in total. The second-order valence-corrected chi connectivity index (χ2v) is 5.97. The maximum Gasteiger partial charge on any atom is 0.0842 e. The van der Waals surface area contributed by atoms with E-state index in [4.69, 9.17) is 0 Å². The van der Waals surface area contributed by atoms with E-state index in [2.05, 4.69) is 0 Å². The molecule has 0 radical (unpaired) electrons. The number of hydrogen-bond acceptors (Lipinski definition) is 4. The lowest BCUT2D eigenvalue weighted by molar-refractivity contribution is -0.00537. The van der Waals surface area contributed by atoms with Crippen LogP contribution in [0.1, 0.15) is 20.3 Å². The van der Waals surface area contributed by atoms with Crippen LogP contribution in [-0.2, 0) is 11.3 Å². The molecule has 0 heterocycles. The zero-order valence-corrected chi connectivity index (χ0v) is 10.7. The molecule has 96 valence electrons. The molecule has 0 aromatic carbocycles. The lowest BCUT2D eigenvalue weighted by atomic mass is 9.92. The third kappa shape index (κ3) is 3.01. The van der Waals surface area contributed by atoms with Crippen molar-refractivity contribution in [3.63, 3.8) is 0 Å². The summed E-state index contributed by atoms with van der Waals surface area (Å²) in [6.07, 6.45) is -0.890. The maximum atomic E-state index is 10.7. The van der Waals surface area contributed by atoms with Gasteiger partial charge in [0.25, 0.3) is 0 Å². The highest BCUT2D eigenvalue weighted by Crippen LogP contribution is 2.36. The van der Waals surface area contributed by atoms with Crippen LogP contribution in [0.25, 0.3) is 0 Å². The van der Waals surface area contributed by atoms with Gasteiger partial charge in [-0.15, -0.1) is 0 Å². The van der Waals surface area contributed by atoms with Gasteiger partial charge < -0.3 is 14.8 Å². The summed E-state index contributed by atoms with van der Waals surface area (Å²) in [4.78, 5) is 0. The quantitative estimate of drug-likeness (QED) is 0.673. The Morgan fingerprint density at radius 1 is 1.44 bits per heavy atom. The van der Waals surface area contributed by atoms with Gasteiger partial charge in [0.05, 0.1) is 12.2 Å². The molecule has 0 saturated heterocycles. The van der Waals surface area contributed by atoms with Crippen molar-refractivity contribution in [1.82, 2.24) is 4.31 Å². The number of aliphatic hydroxyl groups excluding tert-OH is 2. The van der Waals surface area contributed by atoms with E-state index in [-0.39, 0.29) is 24.3 Å². The normalized spacial score (nSPS) is 37.2. The molecule has 1 saturated carbocycles. The first kappa shape index (κ1) is 14.1. The third-order valence-corrected chi connectivity index (χ3v) is 4.11. The van der Waals surface area contributed by atoms with Crippen LogP contribution in [0.4, 0.5) is 0 Å². The van der Waals surface area contributed by atoms with Crippen molar-refractivity contribution in [1.29, 1.82) is 0 Å². The Kier molecular flexibility index (Phi) is 4.88. The van der Waals surface area contributed by atoms with Crippen LogP contribution in [0.15, 0.2) is 0 Å². The molecule has 1 fully saturated rings. The van der Waals surface area contributed by atoms with Gasteiger partial charge in [0.2, 0.25) is 0 Å². The molecule has 0 aromatic heterocycles. The molecule has 0 aromatic rings. The summed E-state index contributed by atoms with van der Waals surface area (Å²) >= 11 is -2.26. The summed E-state index contributed by atoms with van der Waals surface area (Å²) in [5.74, 6) is 0.163. The van der Waals surface area contributed by atoms with Crippen molar-refractivity contribution in [2.24, 2.45) is 17.8 Å². The molecule has 1 rings (SSSR count). The Bertz CT molecular complexity index is 261. The summed E-state index contributed by atoms with van der Waals surface area (Å²) in [6, 6.07) is 0. The fourth-order valence-electron chi connectivity index (χ4n) is 2.40. The number of aliphatic hydroxyl groups is 2. The molecule has 0 spiro atoms. The molecule has 6 heteroatoms. The van der Waals surface area contributed by atoms with Crippen LogP contribution in [0.3, 0.4) is 0 Å². The van der Waals surface area contributed by atoms with Gasteiger partial charge in [0, 0.05) is 23.7 Å². The smallest absolute Gasteiger partial charge is 0.0842 e. The number of nitrogens with zero attached hydrogens (tertiary/aromatic N) is 1. The molecular weight excluding hydrogens is 230 g/mol. The maximum absolute atomic E-state index is 10.7. The summed E-state index contributed by atoms with van der Waals surface area (Å²) in [5, 5.41) is 19.7. The Labute approximate surface area is 98.9 Å². The van der Waals surface area contributed by atoms with Crippen molar-refractivity contribution in [2.45, 2.75) is 32.5 Å². The Hall–Kier alpha value is -0.0100. The third-order valence-electron chi connectivity index (χ3n) is 3.45. The summed E-state index contributed by atoms with van der Waals surface area (Å²) in [6.45, 7) is 4.26. The summed E-state index contributed by atoms with van der Waals surface area (Å²) in [7, 11) is 1.46. The van der Waals surface area contributed by atoms with E-state index in [1.54, 1.807) is 0 Å². The fraction of sp³-hybridized carbons (Fsp3) is 1.00. The van der Waals surface area contributed by atoms with Gasteiger partial charge in [-0.1, -0.05) is 13.8 Å². The van der Waals surface area contributed by atoms with Gasteiger partial charge in [0.15, 0.2) is 0 Å². The van der Waals surface area contributed by atoms with Crippen molar-refractivity contribution in [3.8, 4) is 0 Å². The molecule has 0 aliphatic heterocycles. The lowest BCUT2D eigenvalue weighted by Gasteiger charge is -2.24. The summed E-state index contributed by atoms with van der Waals surface area (Å²) < 4.78 is 22.5. The zero-order valence-electron chi connectivity index (χ0n) is 9.87. The van der Waals surface area contributed by atoms with Gasteiger partial charge in [-0.05, 0) is 25.3 Å². The second kappa shape index (κ2) is 5.55. The predicted octanol–water partition coefficient (Wildman–Crippen LogP) is -0.274. The first-order valence-corrected chi connectivity index (χ1v) is 6.54. The molecule has 16 heavy (non-hydrogen) atoms. The average molecular weight is 250 g/mol. The van der Waals surface area contributed by atoms with Crippen molar-refractivity contribution < 1.29 is 19.0 Å². The highest BCUT2D eigenvalue weighted by molar-refractivity contribution is 7.76. The van der Waals surface area contributed by atoms with E-state index < -0.39 is 23.5 Å². The van der Waals surface area contributed by atoms with Crippen molar-refractivity contribution >= 4 is 11.3 Å². The highest BCUT2D eigenvalue weighted by Gasteiger charge is 2.42. The van der Waals surface area contributed by atoms with E-state index in [9.17, 15) is 19.0 Å². The van der Waals surface area contributed by atoms with Crippen molar-refractivity contribution in [2.75, 3.05) is 13.6 Å². The second-order valence-electron chi connectivity index (χ2n) is 4.91. The highest BCUT2D eigenvalue weighted by atomic mass is 32.2. The minimum atomic E-state index is -2.26. The van der Waals surface area contributed by atoms with E-state index in [1.165, 1.54) is 7.05 Å². The van der Waals surface area contributed by atoms with Crippen LogP contribution >= 0.6 is 0 Å². The van der Waals surface area contributed by atoms with Gasteiger partial charge in [-0.25, -0.2) is 4.31 Å². The molecule has 5 atom stereocenters. The minimum absolute atomic E-state index is 0.0495. The SMILES string of the molecule is CC(C)[C@@H]1C[C@H](CN(C)S(=O)[O-])[C@@H](O)[C@H]1O. The monoisotopic (exact) mass is 250 g/mol. The van der Waals surface area contributed by atoms with Crippen LogP contribution in [-0.4, -0.2) is 49.1 Å². The first-order chi connectivity index (χ1) is 7.34. The molecular formula is C10H20NO4S-. The van der Waals surface area contributed by atoms with Crippen molar-refractivity contribution in [3.05, 3.63) is 0 Å². The van der Waals surface area contributed by atoms with E-state index >= 15 is 0 Å². The molecule has 0 amide bonds. The zero-order chi connectivity index (χ0) is 12.5. The fourth-order valence-corrected chi connectivity index (χ4v) is 2.71. The molecule has 1 unspecified atom stereocenters. The van der Waals surface area contributed by atoms with Crippen LogP contribution in [0.5, 0.6) is 0 Å². The Morgan fingerprint density at radius 2 is 2.00 bits per heavy atom. The molecule has 2 N–H and O–H groups in total. The van der Waals surface area contributed by atoms with Gasteiger partial charge in [-0.2, -0.15) is 0 Å². The minimum Gasteiger partial charge on any atom is -0.760 e. The largest absolute Gasteiger partial charge is 0.760 e. The van der Waals surface area contributed by atoms with Gasteiger partial charge >= 0.3 is 0 Å². The Morgan fingerprint density at radius 3 is 2.38 bits per heavy atom. The van der Waals surface area contributed by atoms with Gasteiger partial charge in [-0.3, -0.25) is 4.21 Å². The lowest BCUT2D eigenvalue weighted by Crippen LogP contribution is -2.35. The van der Waals surface area contributed by atoms with E-state index in [1.807, 2.05) is 13.8 Å². The van der Waals surface area contributed by atoms with E-state index in [0.29, 0.717) is 6.42 Å². The number of rotatable bonds is 4. The molecule has 1 aliphatic carbocycles. The van der Waals surface area contributed by atoms with Crippen LogP contribution in [0, 0.1) is 17.8 Å². The van der Waals surface area contributed by atoms with E-state index in [0.717, 1.165) is 4.31 Å². The first-order valence-electron chi connectivity index (χ1n) is 5.51. The van der Waals surface area contributed by atoms with Gasteiger partial charge in [0.1, 0.15) is 0 Å². The molecule has 0 bridgehead atoms. The van der Waals surface area contributed by atoms with Crippen LogP contribution in [0.2, 0.25) is 0 Å².